The molecule has 1 aromatic carbocycles. The molecule has 5 heteroatoms. The summed E-state index contributed by atoms with van der Waals surface area (Å²) >= 11 is 5.77. The first-order valence-corrected chi connectivity index (χ1v) is 5.90. The van der Waals surface area contributed by atoms with E-state index < -0.39 is 12.0 Å². The Kier molecular flexibility index (Phi) is 3.54. The maximum Gasteiger partial charge on any atom is 0.325 e. The molecule has 0 saturated heterocycles. The van der Waals surface area contributed by atoms with Gasteiger partial charge in [-0.05, 0) is 43.0 Å². The van der Waals surface area contributed by atoms with Gasteiger partial charge in [0.15, 0.2) is 0 Å². The van der Waals surface area contributed by atoms with Gasteiger partial charge in [0.2, 0.25) is 0 Å². The number of phenolic OH excluding ortho intramolecular Hbond substituents is 1. The minimum atomic E-state index is -0.938. The summed E-state index contributed by atoms with van der Waals surface area (Å²) in [5, 5.41) is 21.6. The van der Waals surface area contributed by atoms with Gasteiger partial charge in [-0.2, -0.15) is 0 Å². The Bertz CT molecular complexity index is 432. The summed E-state index contributed by atoms with van der Waals surface area (Å²) in [6, 6.07) is 3.69. The molecular weight excluding hydrogens is 242 g/mol. The van der Waals surface area contributed by atoms with Crippen LogP contribution >= 0.6 is 11.6 Å². The molecule has 3 N–H and O–H groups in total. The average Bonchev–Trinajstić information content (AvgIpc) is 3.07. The molecule has 1 fully saturated rings. The number of halogens is 1. The minimum Gasteiger partial charge on any atom is -0.506 e. The fourth-order valence-electron chi connectivity index (χ4n) is 1.66. The van der Waals surface area contributed by atoms with Crippen LogP contribution in [0.3, 0.4) is 0 Å². The number of carboxylic acid groups (broad SMARTS) is 1. The van der Waals surface area contributed by atoms with Gasteiger partial charge in [-0.25, -0.2) is 0 Å². The molecule has 0 bridgehead atoms. The third kappa shape index (κ3) is 3.11. The molecule has 2 rings (SSSR count). The van der Waals surface area contributed by atoms with Crippen LogP contribution in [0.2, 0.25) is 5.02 Å². The molecule has 1 aliphatic carbocycles. The van der Waals surface area contributed by atoms with E-state index in [1.807, 2.05) is 0 Å². The molecule has 0 aliphatic heterocycles. The van der Waals surface area contributed by atoms with Gasteiger partial charge in [0.25, 0.3) is 0 Å². The van der Waals surface area contributed by atoms with E-state index >= 15 is 0 Å². The number of carbonyl (C=O) groups is 1. The molecule has 1 aromatic rings. The summed E-state index contributed by atoms with van der Waals surface area (Å²) in [6.07, 6.45) is 2.32. The van der Waals surface area contributed by atoms with Crippen molar-refractivity contribution in [3.63, 3.8) is 0 Å². The predicted molar refractivity (Wildman–Crippen MR) is 64.2 cm³/mol. The maximum absolute atomic E-state index is 11.2. The van der Waals surface area contributed by atoms with E-state index in [4.69, 9.17) is 16.7 Å². The number of benzene rings is 1. The first kappa shape index (κ1) is 12.2. The number of aliphatic carboxylic acids is 1. The predicted octanol–water partition coefficient (Wildman–Crippen LogP) is 2.17. The van der Waals surface area contributed by atoms with Gasteiger partial charge in [0, 0.05) is 0 Å². The van der Waals surface area contributed by atoms with Gasteiger partial charge in [0.1, 0.15) is 11.8 Å². The molecule has 1 saturated carbocycles. The lowest BCUT2D eigenvalue weighted by Gasteiger charge is -2.15. The van der Waals surface area contributed by atoms with E-state index in [0.29, 0.717) is 18.0 Å². The van der Waals surface area contributed by atoms with Gasteiger partial charge in [0.05, 0.1) is 5.02 Å². The number of nitrogens with one attached hydrogen (secondary N) is 1. The van der Waals surface area contributed by atoms with Crippen LogP contribution in [0.15, 0.2) is 18.2 Å². The van der Waals surface area contributed by atoms with Crippen LogP contribution in [-0.2, 0) is 4.79 Å². The summed E-state index contributed by atoms with van der Waals surface area (Å²) in [5.41, 5.74) is 0.556. The van der Waals surface area contributed by atoms with E-state index in [9.17, 15) is 9.90 Å². The molecule has 0 amide bonds. The van der Waals surface area contributed by atoms with Crippen molar-refractivity contribution in [3.05, 3.63) is 28.8 Å². The van der Waals surface area contributed by atoms with Crippen LogP contribution in [0, 0.1) is 5.92 Å². The summed E-state index contributed by atoms with van der Waals surface area (Å²) in [6.45, 7) is 0.704. The Morgan fingerprint density at radius 2 is 2.24 bits per heavy atom. The standard InChI is InChI=1S/C12H14ClNO3/c13-9-5-8(3-4-10(9)15)11(12(16)17)14-6-7-1-2-7/h3-5,7,11,14-15H,1-2,6H2,(H,16,17). The molecule has 0 radical (unpaired) electrons. The second-order valence-electron chi connectivity index (χ2n) is 4.33. The third-order valence-corrected chi connectivity index (χ3v) is 3.16. The summed E-state index contributed by atoms with van der Waals surface area (Å²) in [7, 11) is 0. The van der Waals surface area contributed by atoms with Crippen molar-refractivity contribution in [1.82, 2.24) is 5.32 Å². The molecule has 0 spiro atoms. The number of carboxylic acids is 1. The van der Waals surface area contributed by atoms with E-state index in [0.717, 1.165) is 12.8 Å². The fourth-order valence-corrected chi connectivity index (χ4v) is 1.85. The molecule has 1 aliphatic rings. The Morgan fingerprint density at radius 3 is 2.76 bits per heavy atom. The Balaban J connectivity index is 2.12. The molecule has 17 heavy (non-hydrogen) atoms. The Labute approximate surface area is 104 Å². The van der Waals surface area contributed by atoms with E-state index in [1.165, 1.54) is 12.1 Å². The maximum atomic E-state index is 11.2. The van der Waals surface area contributed by atoms with Gasteiger partial charge in [-0.1, -0.05) is 17.7 Å². The highest BCUT2D eigenvalue weighted by Crippen LogP contribution is 2.30. The van der Waals surface area contributed by atoms with Crippen LogP contribution < -0.4 is 5.32 Å². The van der Waals surface area contributed by atoms with E-state index in [-0.39, 0.29) is 10.8 Å². The SMILES string of the molecule is O=C(O)C(NCC1CC1)c1ccc(O)c(Cl)c1. The highest BCUT2D eigenvalue weighted by Gasteiger charge is 2.26. The lowest BCUT2D eigenvalue weighted by molar-refractivity contribution is -0.139. The summed E-state index contributed by atoms with van der Waals surface area (Å²) in [5.74, 6) is -0.376. The Hall–Kier alpha value is -1.26. The van der Waals surface area contributed by atoms with Crippen LogP contribution in [-0.4, -0.2) is 22.7 Å². The van der Waals surface area contributed by atoms with Gasteiger partial charge < -0.3 is 15.5 Å². The van der Waals surface area contributed by atoms with E-state index in [2.05, 4.69) is 5.32 Å². The zero-order valence-corrected chi connectivity index (χ0v) is 9.94. The quantitative estimate of drug-likeness (QED) is 0.754. The van der Waals surface area contributed by atoms with Crippen molar-refractivity contribution in [2.75, 3.05) is 6.54 Å². The highest BCUT2D eigenvalue weighted by atomic mass is 35.5. The average molecular weight is 256 g/mol. The summed E-state index contributed by atoms with van der Waals surface area (Å²) < 4.78 is 0. The zero-order chi connectivity index (χ0) is 12.4. The van der Waals surface area contributed by atoms with Crippen molar-refractivity contribution in [2.24, 2.45) is 5.92 Å². The first-order chi connectivity index (χ1) is 8.08. The molecule has 1 unspecified atom stereocenters. The largest absolute Gasteiger partial charge is 0.506 e. The number of rotatable bonds is 5. The summed E-state index contributed by atoms with van der Waals surface area (Å²) in [4.78, 5) is 11.2. The molecular formula is C12H14ClNO3. The van der Waals surface area contributed by atoms with Crippen molar-refractivity contribution >= 4 is 17.6 Å². The lowest BCUT2D eigenvalue weighted by Crippen LogP contribution is -2.30. The monoisotopic (exact) mass is 255 g/mol. The highest BCUT2D eigenvalue weighted by molar-refractivity contribution is 6.32. The number of phenols is 1. The van der Waals surface area contributed by atoms with Crippen molar-refractivity contribution in [2.45, 2.75) is 18.9 Å². The molecule has 92 valence electrons. The second kappa shape index (κ2) is 4.94. The number of aromatic hydroxyl groups is 1. The van der Waals surface area contributed by atoms with Crippen molar-refractivity contribution in [1.29, 1.82) is 0 Å². The molecule has 0 heterocycles. The topological polar surface area (TPSA) is 69.6 Å². The van der Waals surface area contributed by atoms with Crippen molar-refractivity contribution in [3.8, 4) is 5.75 Å². The third-order valence-electron chi connectivity index (χ3n) is 2.86. The van der Waals surface area contributed by atoms with E-state index in [1.54, 1.807) is 6.07 Å². The van der Waals surface area contributed by atoms with Crippen LogP contribution in [0.25, 0.3) is 0 Å². The Morgan fingerprint density at radius 1 is 1.53 bits per heavy atom. The zero-order valence-electron chi connectivity index (χ0n) is 9.19. The number of hydrogen-bond acceptors (Lipinski definition) is 3. The van der Waals surface area contributed by atoms with Gasteiger partial charge in [-0.3, -0.25) is 4.79 Å². The normalized spacial score (nSPS) is 16.8. The van der Waals surface area contributed by atoms with Gasteiger partial charge >= 0.3 is 5.97 Å². The lowest BCUT2D eigenvalue weighted by atomic mass is 10.1. The second-order valence-corrected chi connectivity index (χ2v) is 4.74. The van der Waals surface area contributed by atoms with Gasteiger partial charge in [-0.15, -0.1) is 0 Å². The molecule has 1 atom stereocenters. The molecule has 4 nitrogen and oxygen atoms in total. The molecule has 0 aromatic heterocycles. The van der Waals surface area contributed by atoms with Crippen molar-refractivity contribution < 1.29 is 15.0 Å². The first-order valence-electron chi connectivity index (χ1n) is 5.52. The van der Waals surface area contributed by atoms with Crippen LogP contribution in [0.4, 0.5) is 0 Å². The van der Waals surface area contributed by atoms with Crippen LogP contribution in [0.1, 0.15) is 24.4 Å². The smallest absolute Gasteiger partial charge is 0.325 e. The number of hydrogen-bond donors (Lipinski definition) is 3. The minimum absolute atomic E-state index is 0.0400. The fraction of sp³-hybridized carbons (Fsp3) is 0.417. The van der Waals surface area contributed by atoms with Crippen LogP contribution in [0.5, 0.6) is 5.75 Å².